The number of hydrogen-bond donors (Lipinski definition) is 2. The fourth-order valence-corrected chi connectivity index (χ4v) is 2.97. The SMILES string of the molecule is CCC(C)NC(=O)c1c[nH]n2c(=O)c(Cc3ccccc3Cl)c(C)nc12. The van der Waals surface area contributed by atoms with Gasteiger partial charge in [-0.2, -0.15) is 0 Å². The third-order valence-corrected chi connectivity index (χ3v) is 4.89. The van der Waals surface area contributed by atoms with Crippen molar-refractivity contribution in [2.24, 2.45) is 0 Å². The number of halogens is 1. The molecule has 136 valence electrons. The summed E-state index contributed by atoms with van der Waals surface area (Å²) < 4.78 is 1.31. The molecule has 1 atom stereocenters. The monoisotopic (exact) mass is 372 g/mol. The van der Waals surface area contributed by atoms with Gasteiger partial charge in [-0.25, -0.2) is 9.50 Å². The van der Waals surface area contributed by atoms with Crippen molar-refractivity contribution in [3.63, 3.8) is 0 Å². The van der Waals surface area contributed by atoms with Crippen LogP contribution in [0.5, 0.6) is 0 Å². The van der Waals surface area contributed by atoms with Gasteiger partial charge < -0.3 is 5.32 Å². The predicted octanol–water partition coefficient (Wildman–Crippen LogP) is 3.10. The predicted molar refractivity (Wildman–Crippen MR) is 102 cm³/mol. The maximum atomic E-state index is 12.9. The lowest BCUT2D eigenvalue weighted by Crippen LogP contribution is -2.32. The Morgan fingerprint density at radius 3 is 2.81 bits per heavy atom. The number of carbonyl (C=O) groups excluding carboxylic acids is 1. The number of fused-ring (bicyclic) bond motifs is 1. The molecule has 0 radical (unpaired) electrons. The van der Waals surface area contributed by atoms with Gasteiger partial charge in [-0.1, -0.05) is 36.7 Å². The number of benzene rings is 1. The first-order valence-corrected chi connectivity index (χ1v) is 8.94. The Morgan fingerprint density at radius 1 is 1.38 bits per heavy atom. The smallest absolute Gasteiger partial charge is 0.276 e. The minimum absolute atomic E-state index is 0.0461. The minimum Gasteiger partial charge on any atom is -0.349 e. The highest BCUT2D eigenvalue weighted by atomic mass is 35.5. The zero-order chi connectivity index (χ0) is 18.8. The molecule has 0 saturated heterocycles. The van der Waals surface area contributed by atoms with Gasteiger partial charge in [-0.3, -0.25) is 14.7 Å². The van der Waals surface area contributed by atoms with Gasteiger partial charge in [0.2, 0.25) is 0 Å². The van der Waals surface area contributed by atoms with Gasteiger partial charge in [-0.15, -0.1) is 0 Å². The molecule has 1 amide bonds. The van der Waals surface area contributed by atoms with Crippen LogP contribution < -0.4 is 10.9 Å². The summed E-state index contributed by atoms with van der Waals surface area (Å²) in [6, 6.07) is 7.45. The number of carbonyl (C=O) groups is 1. The van der Waals surface area contributed by atoms with Gasteiger partial charge in [0.25, 0.3) is 11.5 Å². The highest BCUT2D eigenvalue weighted by Gasteiger charge is 2.19. The summed E-state index contributed by atoms with van der Waals surface area (Å²) >= 11 is 6.21. The molecule has 1 unspecified atom stereocenters. The summed E-state index contributed by atoms with van der Waals surface area (Å²) in [5, 5.41) is 6.35. The molecule has 7 heteroatoms. The Hall–Kier alpha value is -2.60. The van der Waals surface area contributed by atoms with Gasteiger partial charge in [0.05, 0.1) is 0 Å². The number of nitrogens with zero attached hydrogens (tertiary/aromatic N) is 2. The molecule has 0 bridgehead atoms. The van der Waals surface area contributed by atoms with Gasteiger partial charge in [0, 0.05) is 34.9 Å². The Labute approximate surface area is 156 Å². The molecule has 26 heavy (non-hydrogen) atoms. The number of aryl methyl sites for hydroxylation is 1. The van der Waals surface area contributed by atoms with Crippen molar-refractivity contribution in [2.75, 3.05) is 0 Å². The van der Waals surface area contributed by atoms with Gasteiger partial charge in [-0.05, 0) is 31.9 Å². The van der Waals surface area contributed by atoms with E-state index in [1.807, 2.05) is 32.0 Å². The Bertz CT molecular complexity index is 1020. The lowest BCUT2D eigenvalue weighted by molar-refractivity contribution is 0.0940. The summed E-state index contributed by atoms with van der Waals surface area (Å²) in [6.45, 7) is 5.70. The van der Waals surface area contributed by atoms with E-state index in [-0.39, 0.29) is 17.5 Å². The molecule has 2 N–H and O–H groups in total. The van der Waals surface area contributed by atoms with E-state index in [9.17, 15) is 9.59 Å². The number of hydrogen-bond acceptors (Lipinski definition) is 3. The summed E-state index contributed by atoms with van der Waals surface area (Å²) in [5.74, 6) is -0.247. The molecule has 2 aromatic heterocycles. The highest BCUT2D eigenvalue weighted by molar-refractivity contribution is 6.31. The van der Waals surface area contributed by atoms with Crippen molar-refractivity contribution in [3.8, 4) is 0 Å². The lowest BCUT2D eigenvalue weighted by atomic mass is 10.0. The van der Waals surface area contributed by atoms with E-state index >= 15 is 0 Å². The quantitative estimate of drug-likeness (QED) is 0.722. The van der Waals surface area contributed by atoms with Crippen LogP contribution in [0.4, 0.5) is 0 Å². The van der Waals surface area contributed by atoms with Crippen LogP contribution in [0.25, 0.3) is 5.65 Å². The van der Waals surface area contributed by atoms with E-state index in [1.165, 1.54) is 10.7 Å². The Morgan fingerprint density at radius 2 is 2.12 bits per heavy atom. The molecule has 1 aromatic carbocycles. The van der Waals surface area contributed by atoms with E-state index in [0.29, 0.717) is 33.9 Å². The fourth-order valence-electron chi connectivity index (χ4n) is 2.76. The van der Waals surface area contributed by atoms with Crippen molar-refractivity contribution in [2.45, 2.75) is 39.7 Å². The van der Waals surface area contributed by atoms with Crippen molar-refractivity contribution >= 4 is 23.2 Å². The second-order valence-corrected chi connectivity index (χ2v) is 6.79. The van der Waals surface area contributed by atoms with Crippen LogP contribution in [-0.2, 0) is 6.42 Å². The second-order valence-electron chi connectivity index (χ2n) is 6.38. The van der Waals surface area contributed by atoms with Crippen molar-refractivity contribution in [1.82, 2.24) is 19.9 Å². The zero-order valence-electron chi connectivity index (χ0n) is 15.0. The molecule has 6 nitrogen and oxygen atoms in total. The maximum Gasteiger partial charge on any atom is 0.276 e. The normalized spacial score (nSPS) is 12.3. The summed E-state index contributed by atoms with van der Waals surface area (Å²) in [4.78, 5) is 29.8. The lowest BCUT2D eigenvalue weighted by Gasteiger charge is -2.11. The van der Waals surface area contributed by atoms with E-state index in [0.717, 1.165) is 12.0 Å². The molecule has 2 heterocycles. The van der Waals surface area contributed by atoms with Crippen LogP contribution in [-0.4, -0.2) is 26.5 Å². The summed E-state index contributed by atoms with van der Waals surface area (Å²) in [7, 11) is 0. The largest absolute Gasteiger partial charge is 0.349 e. The highest BCUT2D eigenvalue weighted by Crippen LogP contribution is 2.19. The van der Waals surface area contributed by atoms with Gasteiger partial charge in [0.1, 0.15) is 5.56 Å². The Balaban J connectivity index is 2.03. The molecule has 0 aliphatic rings. The molecule has 3 aromatic rings. The molecule has 0 aliphatic carbocycles. The van der Waals surface area contributed by atoms with E-state index in [1.54, 1.807) is 13.0 Å². The molecular weight excluding hydrogens is 352 g/mol. The van der Waals surface area contributed by atoms with Crippen LogP contribution in [0.15, 0.2) is 35.3 Å². The van der Waals surface area contributed by atoms with Crippen molar-refractivity contribution in [1.29, 1.82) is 0 Å². The zero-order valence-corrected chi connectivity index (χ0v) is 15.7. The number of amides is 1. The fraction of sp³-hybridized carbons (Fsp3) is 0.316. The second kappa shape index (κ2) is 7.33. The molecular formula is C19H21ClN4O2. The molecule has 0 aliphatic heterocycles. The Kier molecular flexibility index (Phi) is 5.13. The average molecular weight is 373 g/mol. The van der Waals surface area contributed by atoms with E-state index in [2.05, 4.69) is 15.4 Å². The number of aromatic nitrogens is 3. The topological polar surface area (TPSA) is 79.3 Å². The third kappa shape index (κ3) is 3.37. The third-order valence-electron chi connectivity index (χ3n) is 4.52. The first-order chi connectivity index (χ1) is 12.4. The average Bonchev–Trinajstić information content (AvgIpc) is 3.03. The number of rotatable bonds is 5. The van der Waals surface area contributed by atoms with E-state index < -0.39 is 0 Å². The number of aromatic amines is 1. The van der Waals surface area contributed by atoms with Crippen LogP contribution >= 0.6 is 11.6 Å². The van der Waals surface area contributed by atoms with Crippen LogP contribution in [0.1, 0.15) is 47.4 Å². The summed E-state index contributed by atoms with van der Waals surface area (Å²) in [5.41, 5.74) is 2.46. The molecule has 3 rings (SSSR count). The van der Waals surface area contributed by atoms with Crippen LogP contribution in [0.3, 0.4) is 0 Å². The van der Waals surface area contributed by atoms with Crippen molar-refractivity contribution < 1.29 is 4.79 Å². The van der Waals surface area contributed by atoms with Gasteiger partial charge >= 0.3 is 0 Å². The molecule has 0 fully saturated rings. The van der Waals surface area contributed by atoms with Crippen molar-refractivity contribution in [3.05, 3.63) is 68.2 Å². The maximum absolute atomic E-state index is 12.9. The standard InChI is InChI=1S/C19H21ClN4O2/c1-4-11(2)22-18(25)15-10-21-24-17(15)23-12(3)14(19(24)26)9-13-7-5-6-8-16(13)20/h5-8,10-11,21H,4,9H2,1-3H3,(H,22,25). The summed E-state index contributed by atoms with van der Waals surface area (Å²) in [6.07, 6.45) is 2.72. The molecule has 0 saturated carbocycles. The number of H-pyrrole nitrogens is 1. The van der Waals surface area contributed by atoms with Crippen LogP contribution in [0.2, 0.25) is 5.02 Å². The van der Waals surface area contributed by atoms with Gasteiger partial charge in [0.15, 0.2) is 5.65 Å². The van der Waals surface area contributed by atoms with Crippen LogP contribution in [0, 0.1) is 6.92 Å². The first-order valence-electron chi connectivity index (χ1n) is 8.56. The molecule has 0 spiro atoms. The van der Waals surface area contributed by atoms with E-state index in [4.69, 9.17) is 11.6 Å². The minimum atomic E-state index is -0.247. The first kappa shape index (κ1) is 18.2. The number of nitrogens with one attached hydrogen (secondary N) is 2.